The largest absolute Gasteiger partial charge is 0.455 e. The van der Waals surface area contributed by atoms with E-state index in [1.54, 1.807) is 29.2 Å². The fourth-order valence-electron chi connectivity index (χ4n) is 3.63. The highest BCUT2D eigenvalue weighted by molar-refractivity contribution is 5.96. The van der Waals surface area contributed by atoms with E-state index in [0.29, 0.717) is 30.6 Å². The van der Waals surface area contributed by atoms with Gasteiger partial charge in [0.2, 0.25) is 0 Å². The first-order valence-corrected chi connectivity index (χ1v) is 10.4. The molecule has 1 saturated heterocycles. The average Bonchev–Trinajstić information content (AvgIpc) is 2.83. The molecule has 0 aromatic heterocycles. The van der Waals surface area contributed by atoms with Crippen molar-refractivity contribution >= 4 is 23.5 Å². The van der Waals surface area contributed by atoms with Crippen LogP contribution in [0.25, 0.3) is 0 Å². The Morgan fingerprint density at radius 1 is 1.12 bits per heavy atom. The summed E-state index contributed by atoms with van der Waals surface area (Å²) in [6.45, 7) is 0.427. The lowest BCUT2D eigenvalue weighted by atomic mass is 9.97. The van der Waals surface area contributed by atoms with Crippen LogP contribution in [0.1, 0.15) is 29.6 Å². The molecule has 1 fully saturated rings. The van der Waals surface area contributed by atoms with Gasteiger partial charge in [-0.05, 0) is 49.2 Å². The maximum absolute atomic E-state index is 13.1. The molecule has 1 aliphatic rings. The molecule has 1 unspecified atom stereocenters. The molecule has 1 atom stereocenters. The second-order valence-electron chi connectivity index (χ2n) is 7.49. The Morgan fingerprint density at radius 3 is 2.53 bits per heavy atom. The smallest absolute Gasteiger partial charge is 0.311 e. The Labute approximate surface area is 186 Å². The van der Waals surface area contributed by atoms with Crippen molar-refractivity contribution in [2.45, 2.75) is 19.3 Å². The molecular formula is C24H24FN3O4. The highest BCUT2D eigenvalue weighted by atomic mass is 19.1. The van der Waals surface area contributed by atoms with E-state index in [2.05, 4.69) is 0 Å². The summed E-state index contributed by atoms with van der Waals surface area (Å²) >= 11 is 0. The average molecular weight is 437 g/mol. The molecule has 0 bridgehead atoms. The SMILES string of the molecule is N#CCCN(C(=O)COC(=O)C1CCCN(C(=O)c2ccc(F)cc2)C1)c1ccccc1. The minimum absolute atomic E-state index is 0.150. The van der Waals surface area contributed by atoms with Gasteiger partial charge >= 0.3 is 5.97 Å². The van der Waals surface area contributed by atoms with Crippen molar-refractivity contribution in [1.82, 2.24) is 4.90 Å². The summed E-state index contributed by atoms with van der Waals surface area (Å²) in [7, 11) is 0. The molecule has 1 heterocycles. The van der Waals surface area contributed by atoms with Gasteiger partial charge in [0.15, 0.2) is 6.61 Å². The van der Waals surface area contributed by atoms with Gasteiger partial charge in [-0.15, -0.1) is 0 Å². The number of para-hydroxylation sites is 1. The van der Waals surface area contributed by atoms with E-state index in [9.17, 15) is 18.8 Å². The summed E-state index contributed by atoms with van der Waals surface area (Å²) in [5.41, 5.74) is 0.976. The third-order valence-corrected chi connectivity index (χ3v) is 5.29. The summed E-state index contributed by atoms with van der Waals surface area (Å²) in [6.07, 6.45) is 1.33. The molecule has 0 radical (unpaired) electrons. The van der Waals surface area contributed by atoms with Crippen LogP contribution in [0.15, 0.2) is 54.6 Å². The predicted octanol–water partition coefficient (Wildman–Crippen LogP) is 3.17. The van der Waals surface area contributed by atoms with Gasteiger partial charge < -0.3 is 14.5 Å². The number of rotatable bonds is 7. The highest BCUT2D eigenvalue weighted by Crippen LogP contribution is 2.21. The Kier molecular flexibility index (Phi) is 7.92. The monoisotopic (exact) mass is 437 g/mol. The number of nitriles is 1. The van der Waals surface area contributed by atoms with Gasteiger partial charge in [-0.25, -0.2) is 4.39 Å². The zero-order valence-corrected chi connectivity index (χ0v) is 17.6. The molecule has 2 aromatic rings. The topological polar surface area (TPSA) is 90.7 Å². The van der Waals surface area contributed by atoms with Crippen molar-refractivity contribution in [3.63, 3.8) is 0 Å². The second-order valence-corrected chi connectivity index (χ2v) is 7.49. The lowest BCUT2D eigenvalue weighted by molar-refractivity contribution is -0.153. The Hall–Kier alpha value is -3.73. The maximum atomic E-state index is 13.1. The molecule has 2 aromatic carbocycles. The molecule has 2 amide bonds. The molecular weight excluding hydrogens is 413 g/mol. The fourth-order valence-corrected chi connectivity index (χ4v) is 3.63. The van der Waals surface area contributed by atoms with Gasteiger partial charge in [-0.1, -0.05) is 18.2 Å². The number of benzene rings is 2. The van der Waals surface area contributed by atoms with Gasteiger partial charge in [0.25, 0.3) is 11.8 Å². The summed E-state index contributed by atoms with van der Waals surface area (Å²) in [4.78, 5) is 40.9. The minimum atomic E-state index is -0.539. The molecule has 8 heteroatoms. The van der Waals surface area contributed by atoms with E-state index in [1.807, 2.05) is 12.1 Å². The van der Waals surface area contributed by atoms with Crippen LogP contribution in [0.2, 0.25) is 0 Å². The lowest BCUT2D eigenvalue weighted by Crippen LogP contribution is -2.43. The number of carbonyl (C=O) groups excluding carboxylic acids is 3. The van der Waals surface area contributed by atoms with Crippen LogP contribution in [-0.4, -0.2) is 48.9 Å². The van der Waals surface area contributed by atoms with E-state index < -0.39 is 30.2 Å². The maximum Gasteiger partial charge on any atom is 0.311 e. The predicted molar refractivity (Wildman–Crippen MR) is 115 cm³/mol. The van der Waals surface area contributed by atoms with Crippen LogP contribution in [0.5, 0.6) is 0 Å². The summed E-state index contributed by atoms with van der Waals surface area (Å²) in [5.74, 6) is -2.20. The highest BCUT2D eigenvalue weighted by Gasteiger charge is 2.30. The van der Waals surface area contributed by atoms with Crippen molar-refractivity contribution in [2.24, 2.45) is 5.92 Å². The molecule has 0 saturated carbocycles. The molecule has 7 nitrogen and oxygen atoms in total. The minimum Gasteiger partial charge on any atom is -0.455 e. The zero-order chi connectivity index (χ0) is 22.9. The summed E-state index contributed by atoms with van der Waals surface area (Å²) in [5, 5.41) is 8.87. The number of likely N-dealkylation sites (tertiary alicyclic amines) is 1. The number of piperidine rings is 1. The normalized spacial score (nSPS) is 15.5. The Bertz CT molecular complexity index is 989. The number of hydrogen-bond donors (Lipinski definition) is 0. The standard InChI is InChI=1S/C24H24FN3O4/c25-20-11-9-18(10-12-20)23(30)27-14-4-6-19(16-27)24(31)32-17-22(29)28(15-5-13-26)21-7-2-1-3-8-21/h1-3,7-12,19H,4-6,14-17H2. The molecule has 0 spiro atoms. The first-order valence-electron chi connectivity index (χ1n) is 10.4. The van der Waals surface area contributed by atoms with Crippen LogP contribution < -0.4 is 4.90 Å². The first kappa shape index (κ1) is 22.9. The van der Waals surface area contributed by atoms with Gasteiger partial charge in [-0.3, -0.25) is 14.4 Å². The van der Waals surface area contributed by atoms with Gasteiger partial charge in [0, 0.05) is 30.9 Å². The van der Waals surface area contributed by atoms with Crippen molar-refractivity contribution in [3.05, 3.63) is 66.0 Å². The van der Waals surface area contributed by atoms with E-state index in [-0.39, 0.29) is 25.4 Å². The number of carbonyl (C=O) groups is 3. The van der Waals surface area contributed by atoms with Crippen LogP contribution in [0.3, 0.4) is 0 Å². The summed E-state index contributed by atoms with van der Waals surface area (Å²) < 4.78 is 18.4. The van der Waals surface area contributed by atoms with Crippen molar-refractivity contribution in [3.8, 4) is 6.07 Å². The number of ether oxygens (including phenoxy) is 1. The van der Waals surface area contributed by atoms with Crippen molar-refractivity contribution < 1.29 is 23.5 Å². The molecule has 0 N–H and O–H groups in total. The molecule has 3 rings (SSSR count). The van der Waals surface area contributed by atoms with Crippen molar-refractivity contribution in [1.29, 1.82) is 5.26 Å². The lowest BCUT2D eigenvalue weighted by Gasteiger charge is -2.31. The van der Waals surface area contributed by atoms with Crippen molar-refractivity contribution in [2.75, 3.05) is 31.1 Å². The van der Waals surface area contributed by atoms with Crippen LogP contribution in [0.4, 0.5) is 10.1 Å². The number of halogens is 1. The van der Waals surface area contributed by atoms with Crippen LogP contribution >= 0.6 is 0 Å². The van der Waals surface area contributed by atoms with Crippen LogP contribution in [-0.2, 0) is 14.3 Å². The second kappa shape index (κ2) is 11.0. The Balaban J connectivity index is 1.57. The number of esters is 1. The number of amides is 2. The summed E-state index contributed by atoms with van der Waals surface area (Å²) in [6, 6.07) is 16.2. The van der Waals surface area contributed by atoms with Crippen LogP contribution in [0, 0.1) is 23.1 Å². The molecule has 166 valence electrons. The molecule has 1 aliphatic heterocycles. The zero-order valence-electron chi connectivity index (χ0n) is 17.6. The van der Waals surface area contributed by atoms with E-state index in [1.165, 1.54) is 29.2 Å². The van der Waals surface area contributed by atoms with E-state index in [0.717, 1.165) is 0 Å². The van der Waals surface area contributed by atoms with E-state index >= 15 is 0 Å². The third-order valence-electron chi connectivity index (χ3n) is 5.29. The fraction of sp³-hybridized carbons (Fsp3) is 0.333. The van der Waals surface area contributed by atoms with Gasteiger partial charge in [-0.2, -0.15) is 5.26 Å². The van der Waals surface area contributed by atoms with Gasteiger partial charge in [0.05, 0.1) is 18.4 Å². The van der Waals surface area contributed by atoms with E-state index in [4.69, 9.17) is 10.00 Å². The molecule has 32 heavy (non-hydrogen) atoms. The quantitative estimate of drug-likeness (QED) is 0.621. The number of anilines is 1. The third kappa shape index (κ3) is 5.91. The van der Waals surface area contributed by atoms with Gasteiger partial charge in [0.1, 0.15) is 5.82 Å². The number of nitrogens with zero attached hydrogens (tertiary/aromatic N) is 3. The molecule has 0 aliphatic carbocycles. The Morgan fingerprint density at radius 2 is 1.84 bits per heavy atom. The first-order chi connectivity index (χ1) is 15.5. The number of hydrogen-bond acceptors (Lipinski definition) is 5.